The van der Waals surface area contributed by atoms with E-state index in [-0.39, 0.29) is 0 Å². The highest BCUT2D eigenvalue weighted by Crippen LogP contribution is 2.48. The molecule has 0 spiro atoms. The molecule has 0 bridgehead atoms. The van der Waals surface area contributed by atoms with Gasteiger partial charge in [0.15, 0.2) is 0 Å². The van der Waals surface area contributed by atoms with Gasteiger partial charge in [-0.05, 0) is 152 Å². The summed E-state index contributed by atoms with van der Waals surface area (Å²) in [4.78, 5) is 4.79. The van der Waals surface area contributed by atoms with Crippen LogP contribution in [0, 0.1) is 11.8 Å². The molecule has 294 valence electrons. The van der Waals surface area contributed by atoms with E-state index in [0.29, 0.717) is 11.8 Å². The fraction of sp³-hybridized carbons (Fsp3) is 0.138. The van der Waals surface area contributed by atoms with Crippen LogP contribution in [0.25, 0.3) is 43.8 Å². The number of nitrogens with zero attached hydrogens (tertiary/aromatic N) is 2. The monoisotopic (exact) mass is 776 g/mol. The molecule has 0 saturated carbocycles. The molecule has 60 heavy (non-hydrogen) atoms. The number of anilines is 6. The van der Waals surface area contributed by atoms with Crippen LogP contribution in [-0.2, 0) is 12.8 Å². The molecule has 0 aliphatic carbocycles. The minimum atomic E-state index is 0.602. The van der Waals surface area contributed by atoms with Gasteiger partial charge in [0.05, 0.1) is 0 Å². The summed E-state index contributed by atoms with van der Waals surface area (Å²) in [5.41, 5.74) is 14.4. The Kier molecular flexibility index (Phi) is 11.0. The summed E-state index contributed by atoms with van der Waals surface area (Å²) in [6.07, 6.45) is 2.12. The largest absolute Gasteiger partial charge is 0.310 e. The molecule has 0 aliphatic rings. The molecule has 0 amide bonds. The van der Waals surface area contributed by atoms with Gasteiger partial charge in [0, 0.05) is 34.1 Å². The van der Waals surface area contributed by atoms with Crippen molar-refractivity contribution in [1.82, 2.24) is 0 Å². The average molecular weight is 777 g/mol. The van der Waals surface area contributed by atoms with Crippen LogP contribution < -0.4 is 9.80 Å². The van der Waals surface area contributed by atoms with E-state index in [1.54, 1.807) is 0 Å². The van der Waals surface area contributed by atoms with Crippen molar-refractivity contribution in [2.24, 2.45) is 11.8 Å². The Morgan fingerprint density at radius 1 is 0.300 bits per heavy atom. The summed E-state index contributed by atoms with van der Waals surface area (Å²) in [5, 5.41) is 4.88. The second-order valence-electron chi connectivity index (χ2n) is 16.8. The van der Waals surface area contributed by atoms with Gasteiger partial charge in [-0.1, -0.05) is 161 Å². The highest BCUT2D eigenvalue weighted by Gasteiger charge is 2.22. The van der Waals surface area contributed by atoms with Gasteiger partial charge in [0.25, 0.3) is 0 Å². The Morgan fingerprint density at radius 3 is 0.933 bits per heavy atom. The summed E-state index contributed by atoms with van der Waals surface area (Å²) in [7, 11) is 0. The molecule has 9 aromatic carbocycles. The van der Waals surface area contributed by atoms with Gasteiger partial charge in [0.2, 0.25) is 0 Å². The van der Waals surface area contributed by atoms with Crippen molar-refractivity contribution >= 4 is 55.7 Å². The lowest BCUT2D eigenvalue weighted by Gasteiger charge is -2.28. The molecule has 0 aromatic heterocycles. The molecule has 9 rings (SSSR count). The summed E-state index contributed by atoms with van der Waals surface area (Å²) in [6, 6.07) is 75.9. The molecule has 2 nitrogen and oxygen atoms in total. The smallest absolute Gasteiger partial charge is 0.0468 e. The maximum Gasteiger partial charge on any atom is 0.0468 e. The third-order valence-electron chi connectivity index (χ3n) is 11.4. The third-order valence-corrected chi connectivity index (χ3v) is 11.4. The van der Waals surface area contributed by atoms with Gasteiger partial charge in [0.1, 0.15) is 0 Å². The van der Waals surface area contributed by atoms with Crippen LogP contribution in [0.5, 0.6) is 0 Å². The van der Waals surface area contributed by atoms with E-state index in [2.05, 4.69) is 244 Å². The van der Waals surface area contributed by atoms with E-state index in [1.165, 1.54) is 54.9 Å². The topological polar surface area (TPSA) is 6.48 Å². The standard InChI is InChI=1S/C58H52N2/c1-41(2)37-43-25-29-49(30-26-43)59(47-21-13-7-14-22-47)51-33-35-53-55(39-51)57(45-17-9-5-10-18-45)54-36-34-52(40-56(54)58(53)46-19-11-6-12-20-46)60(48-23-15-8-16-24-48)50-31-27-44(28-32-50)38-42(3)4/h5-36,39-42H,37-38H2,1-4H3. The molecular formula is C58H52N2. The fourth-order valence-electron chi connectivity index (χ4n) is 8.87. The first-order chi connectivity index (χ1) is 29.4. The third kappa shape index (κ3) is 7.94. The van der Waals surface area contributed by atoms with Crippen LogP contribution in [0.4, 0.5) is 34.1 Å². The summed E-state index contributed by atoms with van der Waals surface area (Å²) in [5.74, 6) is 1.20. The lowest BCUT2D eigenvalue weighted by molar-refractivity contribution is 0.647. The number of fused-ring (bicyclic) bond motifs is 2. The van der Waals surface area contributed by atoms with Crippen LogP contribution in [-0.4, -0.2) is 0 Å². The predicted molar refractivity (Wildman–Crippen MR) is 259 cm³/mol. The first-order valence-corrected chi connectivity index (χ1v) is 21.4. The average Bonchev–Trinajstić information content (AvgIpc) is 3.28. The van der Waals surface area contributed by atoms with E-state index in [4.69, 9.17) is 0 Å². The maximum atomic E-state index is 2.42. The van der Waals surface area contributed by atoms with E-state index >= 15 is 0 Å². The van der Waals surface area contributed by atoms with Crippen molar-refractivity contribution in [3.8, 4) is 22.3 Å². The molecule has 0 N–H and O–H groups in total. The van der Waals surface area contributed by atoms with Crippen LogP contribution in [0.2, 0.25) is 0 Å². The van der Waals surface area contributed by atoms with Crippen LogP contribution in [0.3, 0.4) is 0 Å². The van der Waals surface area contributed by atoms with Crippen molar-refractivity contribution < 1.29 is 0 Å². The Hall–Kier alpha value is -6.90. The zero-order valence-electron chi connectivity index (χ0n) is 35.1. The number of para-hydroxylation sites is 2. The van der Waals surface area contributed by atoms with Gasteiger partial charge in [-0.25, -0.2) is 0 Å². The van der Waals surface area contributed by atoms with Gasteiger partial charge in [-0.3, -0.25) is 0 Å². The lowest BCUT2D eigenvalue weighted by atomic mass is 9.85. The zero-order valence-corrected chi connectivity index (χ0v) is 35.1. The first kappa shape index (κ1) is 38.6. The van der Waals surface area contributed by atoms with Gasteiger partial charge >= 0.3 is 0 Å². The molecule has 0 radical (unpaired) electrons. The highest BCUT2D eigenvalue weighted by molar-refractivity contribution is 6.22. The molecular weight excluding hydrogens is 725 g/mol. The van der Waals surface area contributed by atoms with Gasteiger partial charge in [-0.2, -0.15) is 0 Å². The number of hydrogen-bond acceptors (Lipinski definition) is 2. The van der Waals surface area contributed by atoms with Crippen LogP contribution in [0.1, 0.15) is 38.8 Å². The fourth-order valence-corrected chi connectivity index (χ4v) is 8.87. The van der Waals surface area contributed by atoms with Crippen molar-refractivity contribution in [3.05, 3.63) is 217 Å². The van der Waals surface area contributed by atoms with Crippen LogP contribution in [0.15, 0.2) is 206 Å². The first-order valence-electron chi connectivity index (χ1n) is 21.4. The van der Waals surface area contributed by atoms with Crippen LogP contribution >= 0.6 is 0 Å². The molecule has 2 heteroatoms. The highest BCUT2D eigenvalue weighted by atomic mass is 15.1. The van der Waals surface area contributed by atoms with Crippen molar-refractivity contribution in [1.29, 1.82) is 0 Å². The summed E-state index contributed by atoms with van der Waals surface area (Å²) < 4.78 is 0. The number of rotatable bonds is 12. The second-order valence-corrected chi connectivity index (χ2v) is 16.8. The van der Waals surface area contributed by atoms with E-state index < -0.39 is 0 Å². The summed E-state index contributed by atoms with van der Waals surface area (Å²) >= 11 is 0. The number of benzene rings is 9. The molecule has 0 fully saturated rings. The van der Waals surface area contributed by atoms with E-state index in [9.17, 15) is 0 Å². The second kappa shape index (κ2) is 17.1. The van der Waals surface area contributed by atoms with E-state index in [0.717, 1.165) is 47.0 Å². The number of hydrogen-bond donors (Lipinski definition) is 0. The van der Waals surface area contributed by atoms with E-state index in [1.807, 2.05) is 0 Å². The lowest BCUT2D eigenvalue weighted by Crippen LogP contribution is -2.10. The predicted octanol–water partition coefficient (Wildman–Crippen LogP) is 16.7. The molecule has 0 heterocycles. The van der Waals surface area contributed by atoms with Crippen molar-refractivity contribution in [3.63, 3.8) is 0 Å². The van der Waals surface area contributed by atoms with Gasteiger partial charge in [-0.15, -0.1) is 0 Å². The molecule has 0 atom stereocenters. The minimum Gasteiger partial charge on any atom is -0.310 e. The Labute approximate surface area is 356 Å². The van der Waals surface area contributed by atoms with Crippen molar-refractivity contribution in [2.45, 2.75) is 40.5 Å². The SMILES string of the molecule is CC(C)Cc1ccc(N(c2ccccc2)c2ccc3c(-c4ccccc4)c4cc(N(c5ccccc5)c5ccc(CC(C)C)cc5)ccc4c(-c4ccccc4)c3c2)cc1. The molecule has 0 unspecified atom stereocenters. The maximum absolute atomic E-state index is 2.42. The van der Waals surface area contributed by atoms with Gasteiger partial charge < -0.3 is 9.80 Å². The van der Waals surface area contributed by atoms with Crippen molar-refractivity contribution in [2.75, 3.05) is 9.80 Å². The summed E-state index contributed by atoms with van der Waals surface area (Å²) in [6.45, 7) is 9.12. The minimum absolute atomic E-state index is 0.602. The Bertz CT molecular complexity index is 2630. The molecule has 0 saturated heterocycles. The normalized spacial score (nSPS) is 11.4. The zero-order chi connectivity index (χ0) is 41.0. The Balaban J connectivity index is 1.31. The molecule has 0 aliphatic heterocycles. The molecule has 9 aromatic rings. The Morgan fingerprint density at radius 2 is 0.600 bits per heavy atom. The quantitative estimate of drug-likeness (QED) is 0.114.